The first-order valence-electron chi connectivity index (χ1n) is 11.6. The summed E-state index contributed by atoms with van der Waals surface area (Å²) in [5, 5.41) is 18.2. The van der Waals surface area contributed by atoms with Gasteiger partial charge < -0.3 is 15.4 Å². The Morgan fingerprint density at radius 1 is 1.22 bits per heavy atom. The van der Waals surface area contributed by atoms with Crippen LogP contribution in [0.2, 0.25) is 0 Å². The number of hydrogen-bond acceptors (Lipinski definition) is 7. The minimum absolute atomic E-state index is 0.0258. The van der Waals surface area contributed by atoms with Crippen LogP contribution in [0.15, 0.2) is 24.4 Å². The average molecular weight is 503 g/mol. The van der Waals surface area contributed by atoms with Crippen LogP contribution < -0.4 is 15.4 Å². The monoisotopic (exact) mass is 502 g/mol. The van der Waals surface area contributed by atoms with E-state index in [4.69, 9.17) is 4.74 Å². The molecule has 0 unspecified atom stereocenters. The Balaban J connectivity index is 1.45. The van der Waals surface area contributed by atoms with E-state index in [2.05, 4.69) is 31.0 Å². The fourth-order valence-electron chi connectivity index (χ4n) is 4.73. The number of hydrogen-bond donors (Lipinski definition) is 2. The number of nitrogens with zero attached hydrogens (tertiary/aromatic N) is 6. The minimum atomic E-state index is -2.66. The number of amides is 1. The van der Waals surface area contributed by atoms with Gasteiger partial charge in [0.05, 0.1) is 12.6 Å². The van der Waals surface area contributed by atoms with E-state index in [0.717, 1.165) is 30.4 Å². The normalized spacial score (nSPS) is 18.2. The van der Waals surface area contributed by atoms with E-state index >= 15 is 0 Å². The summed E-state index contributed by atoms with van der Waals surface area (Å²) in [5.41, 5.74) is 1.59. The number of nitrogens with one attached hydrogen (secondary N) is 2. The fraction of sp³-hybridized carbons (Fsp3) is 0.435. The van der Waals surface area contributed by atoms with Gasteiger partial charge in [-0.25, -0.2) is 22.4 Å². The number of rotatable bonds is 7. The Hall–Kier alpha value is -3.90. The molecule has 1 aromatic carbocycles. The van der Waals surface area contributed by atoms with Gasteiger partial charge in [-0.05, 0) is 49.4 Å². The molecule has 0 bridgehead atoms. The van der Waals surface area contributed by atoms with Crippen molar-refractivity contribution >= 4 is 28.4 Å². The second kappa shape index (κ2) is 9.63. The van der Waals surface area contributed by atoms with Crippen LogP contribution in [0, 0.1) is 5.82 Å². The maximum absolute atomic E-state index is 14.8. The van der Waals surface area contributed by atoms with Gasteiger partial charge in [0, 0.05) is 30.8 Å². The van der Waals surface area contributed by atoms with Crippen molar-refractivity contribution in [3.8, 4) is 17.0 Å². The lowest BCUT2D eigenvalue weighted by Crippen LogP contribution is -2.39. The van der Waals surface area contributed by atoms with Crippen molar-refractivity contribution in [2.75, 3.05) is 12.4 Å². The van der Waals surface area contributed by atoms with Crippen LogP contribution in [0.1, 0.15) is 32.6 Å². The molecule has 3 heterocycles. The summed E-state index contributed by atoms with van der Waals surface area (Å²) >= 11 is 0. The number of halogens is 3. The standard InChI is InChI=1S/C23H25F3N8O2/c1-12(35)27-14-3-5-15(6-4-14)28-23-29-22(36-2)21-16(7-8-33(21)31-23)13-9-17(24)20-18(10-13)34(32-30-20)11-19(25)26/h7-10,14-15,19H,3-6,11H2,1-2H3,(H,27,35)(H,28,31)/t14-,15+. The zero-order valence-electron chi connectivity index (χ0n) is 19.7. The second-order valence-electron chi connectivity index (χ2n) is 8.85. The van der Waals surface area contributed by atoms with Gasteiger partial charge in [-0.15, -0.1) is 10.2 Å². The van der Waals surface area contributed by atoms with E-state index in [1.807, 2.05) is 0 Å². The molecule has 4 aromatic rings. The van der Waals surface area contributed by atoms with E-state index in [1.54, 1.807) is 22.8 Å². The molecule has 0 atom stereocenters. The minimum Gasteiger partial charge on any atom is -0.479 e. The van der Waals surface area contributed by atoms with Gasteiger partial charge in [-0.1, -0.05) is 5.21 Å². The first-order valence-corrected chi connectivity index (χ1v) is 11.6. The van der Waals surface area contributed by atoms with Gasteiger partial charge in [0.15, 0.2) is 5.82 Å². The zero-order valence-corrected chi connectivity index (χ0v) is 19.7. The number of methoxy groups -OCH3 is 1. The number of carbonyl (C=O) groups is 1. The summed E-state index contributed by atoms with van der Waals surface area (Å²) in [5.74, 6) is -0.0398. The highest BCUT2D eigenvalue weighted by Gasteiger charge is 2.24. The summed E-state index contributed by atoms with van der Waals surface area (Å²) in [6, 6.07) is 4.89. The van der Waals surface area contributed by atoms with E-state index in [1.165, 1.54) is 20.1 Å². The Morgan fingerprint density at radius 2 is 1.97 bits per heavy atom. The average Bonchev–Trinajstić information content (AvgIpc) is 3.44. The van der Waals surface area contributed by atoms with Crippen molar-refractivity contribution in [1.82, 2.24) is 34.9 Å². The molecule has 1 aliphatic carbocycles. The number of carbonyl (C=O) groups excluding carboxylic acids is 1. The molecule has 0 radical (unpaired) electrons. The highest BCUT2D eigenvalue weighted by atomic mass is 19.3. The number of fused-ring (bicyclic) bond motifs is 2. The molecule has 0 saturated heterocycles. The zero-order chi connectivity index (χ0) is 25.4. The highest BCUT2D eigenvalue weighted by Crippen LogP contribution is 2.34. The molecular formula is C23H25F3N8O2. The van der Waals surface area contributed by atoms with Gasteiger partial charge >= 0.3 is 0 Å². The van der Waals surface area contributed by atoms with Crippen molar-refractivity contribution in [3.63, 3.8) is 0 Å². The SMILES string of the molecule is COc1nc(N[C@H]2CC[C@@H](NC(C)=O)CC2)nn2ccc(-c3cc(F)c4nnn(CC(F)F)c4c3)c12. The van der Waals surface area contributed by atoms with Gasteiger partial charge in [-0.2, -0.15) is 4.98 Å². The smallest absolute Gasteiger partial charge is 0.258 e. The number of aromatic nitrogens is 6. The highest BCUT2D eigenvalue weighted by molar-refractivity contribution is 5.89. The molecule has 1 fully saturated rings. The third kappa shape index (κ3) is 4.64. The second-order valence-corrected chi connectivity index (χ2v) is 8.85. The molecule has 5 rings (SSSR count). The third-order valence-electron chi connectivity index (χ3n) is 6.34. The molecule has 2 N–H and O–H groups in total. The Kier molecular flexibility index (Phi) is 6.37. The van der Waals surface area contributed by atoms with Crippen molar-refractivity contribution < 1.29 is 22.7 Å². The predicted octanol–water partition coefficient (Wildman–Crippen LogP) is 3.41. The van der Waals surface area contributed by atoms with E-state index < -0.39 is 18.8 Å². The van der Waals surface area contributed by atoms with Gasteiger partial charge in [0.2, 0.25) is 17.7 Å². The van der Waals surface area contributed by atoms with E-state index in [9.17, 15) is 18.0 Å². The lowest BCUT2D eigenvalue weighted by Gasteiger charge is -2.29. The van der Waals surface area contributed by atoms with Gasteiger partial charge in [-0.3, -0.25) is 4.79 Å². The Morgan fingerprint density at radius 3 is 2.67 bits per heavy atom. The van der Waals surface area contributed by atoms with Crippen LogP contribution in [-0.2, 0) is 11.3 Å². The topological polar surface area (TPSA) is 111 Å². The van der Waals surface area contributed by atoms with Crippen LogP contribution in [0.3, 0.4) is 0 Å². The molecule has 1 aliphatic rings. The molecule has 10 nitrogen and oxygen atoms in total. The first kappa shape index (κ1) is 23.8. The van der Waals surface area contributed by atoms with Crippen LogP contribution >= 0.6 is 0 Å². The quantitative estimate of drug-likeness (QED) is 0.398. The molecule has 36 heavy (non-hydrogen) atoms. The fourth-order valence-corrected chi connectivity index (χ4v) is 4.73. The van der Waals surface area contributed by atoms with Gasteiger partial charge in [0.25, 0.3) is 6.43 Å². The third-order valence-corrected chi connectivity index (χ3v) is 6.34. The van der Waals surface area contributed by atoms with Crippen molar-refractivity contribution in [2.45, 2.75) is 57.7 Å². The van der Waals surface area contributed by atoms with Crippen molar-refractivity contribution in [1.29, 1.82) is 0 Å². The summed E-state index contributed by atoms with van der Waals surface area (Å²) < 4.78 is 48.8. The molecule has 0 aliphatic heterocycles. The van der Waals surface area contributed by atoms with Crippen LogP contribution in [0.4, 0.5) is 19.1 Å². The number of alkyl halides is 2. The molecule has 13 heteroatoms. The molecular weight excluding hydrogens is 477 g/mol. The summed E-state index contributed by atoms with van der Waals surface area (Å²) in [7, 11) is 1.48. The lowest BCUT2D eigenvalue weighted by atomic mass is 9.91. The molecule has 3 aromatic heterocycles. The number of benzene rings is 1. The largest absolute Gasteiger partial charge is 0.479 e. The predicted molar refractivity (Wildman–Crippen MR) is 126 cm³/mol. The molecule has 1 amide bonds. The molecule has 1 saturated carbocycles. The van der Waals surface area contributed by atoms with Crippen molar-refractivity contribution in [3.05, 3.63) is 30.2 Å². The Labute approximate surface area is 203 Å². The van der Waals surface area contributed by atoms with Crippen LogP contribution in [-0.4, -0.2) is 61.1 Å². The van der Waals surface area contributed by atoms with E-state index in [-0.39, 0.29) is 34.9 Å². The first-order chi connectivity index (χ1) is 17.3. The summed E-state index contributed by atoms with van der Waals surface area (Å²) in [6.45, 7) is 0.830. The number of ether oxygens (including phenoxy) is 1. The number of anilines is 1. The summed E-state index contributed by atoms with van der Waals surface area (Å²) in [6.07, 6.45) is 2.46. The maximum atomic E-state index is 14.8. The molecule has 0 spiro atoms. The molecule has 190 valence electrons. The van der Waals surface area contributed by atoms with Crippen LogP contribution in [0.25, 0.3) is 27.7 Å². The lowest BCUT2D eigenvalue weighted by molar-refractivity contribution is -0.119. The van der Waals surface area contributed by atoms with Crippen LogP contribution in [0.5, 0.6) is 5.88 Å². The van der Waals surface area contributed by atoms with Crippen molar-refractivity contribution in [2.24, 2.45) is 0 Å². The van der Waals surface area contributed by atoms with E-state index in [0.29, 0.717) is 22.6 Å². The Bertz CT molecular complexity index is 1410. The maximum Gasteiger partial charge on any atom is 0.258 e. The van der Waals surface area contributed by atoms with Gasteiger partial charge in [0.1, 0.15) is 17.6 Å². The summed E-state index contributed by atoms with van der Waals surface area (Å²) in [4.78, 5) is 15.8.